The van der Waals surface area contributed by atoms with Crippen molar-refractivity contribution in [3.63, 3.8) is 0 Å². The number of aliphatic carboxylic acids is 2. The van der Waals surface area contributed by atoms with Gasteiger partial charge in [0.1, 0.15) is 11.9 Å². The molecule has 44 heavy (non-hydrogen) atoms. The summed E-state index contributed by atoms with van der Waals surface area (Å²) in [7, 11) is 0. The Morgan fingerprint density at radius 1 is 0.818 bits per heavy atom. The highest BCUT2D eigenvalue weighted by Crippen LogP contribution is 2.35. The number of carboxylic acids is 2. The molecule has 1 aliphatic rings. The van der Waals surface area contributed by atoms with Crippen molar-refractivity contribution in [2.45, 2.75) is 38.2 Å². The van der Waals surface area contributed by atoms with Crippen molar-refractivity contribution in [1.82, 2.24) is 4.98 Å². The molecular weight excluding hydrogens is 594 g/mol. The van der Waals surface area contributed by atoms with Gasteiger partial charge < -0.3 is 25.5 Å². The van der Waals surface area contributed by atoms with Gasteiger partial charge in [-0.25, -0.2) is 9.97 Å². The maximum Gasteiger partial charge on any atom is 0.430 e. The van der Waals surface area contributed by atoms with Crippen molar-refractivity contribution in [3.8, 4) is 22.4 Å². The number of halogens is 6. The fourth-order valence-corrected chi connectivity index (χ4v) is 4.39. The molecule has 8 nitrogen and oxygen atoms in total. The van der Waals surface area contributed by atoms with Crippen LogP contribution in [-0.4, -0.2) is 42.4 Å². The van der Waals surface area contributed by atoms with Gasteiger partial charge in [0.05, 0.1) is 42.4 Å². The lowest BCUT2D eigenvalue weighted by Gasteiger charge is -2.22. The molecule has 14 heteroatoms. The Labute approximate surface area is 247 Å². The highest BCUT2D eigenvalue weighted by atomic mass is 19.4. The number of benzene rings is 2. The summed E-state index contributed by atoms with van der Waals surface area (Å²) in [4.78, 5) is 28.7. The molecule has 0 spiro atoms. The number of carboxylic acid groups (broad SMARTS) is 2. The quantitative estimate of drug-likeness (QED) is 0.348. The Kier molecular flexibility index (Phi) is 11.2. The summed E-state index contributed by atoms with van der Waals surface area (Å²) >= 11 is 0. The molecule has 234 valence electrons. The number of aromatic amines is 1. The lowest BCUT2D eigenvalue weighted by atomic mass is 9.97. The van der Waals surface area contributed by atoms with Crippen LogP contribution in [0.2, 0.25) is 0 Å². The van der Waals surface area contributed by atoms with Crippen molar-refractivity contribution < 1.29 is 56.9 Å². The van der Waals surface area contributed by atoms with Crippen LogP contribution >= 0.6 is 0 Å². The van der Waals surface area contributed by atoms with E-state index < -0.39 is 24.3 Å². The molecule has 1 aliphatic heterocycles. The molecular formula is C30H28F6N4O4. The second-order valence-corrected chi connectivity index (χ2v) is 9.57. The fraction of sp³-hybridized carbons (Fsp3) is 0.267. The van der Waals surface area contributed by atoms with Crippen LogP contribution in [-0.2, 0) is 16.1 Å². The number of H-pyrrole nitrogens is 1. The minimum absolute atomic E-state index is 0.798. The average Bonchev–Trinajstić information content (AvgIpc) is 3.00. The number of hydrogen-bond acceptors (Lipinski definition) is 6. The topological polar surface area (TPSA) is 138 Å². The Hall–Kier alpha value is -4.72. The molecule has 4 N–H and O–H groups in total. The third-order valence-electron chi connectivity index (χ3n) is 6.50. The minimum Gasteiger partial charge on any atom is -0.542 e. The van der Waals surface area contributed by atoms with Gasteiger partial charge in [-0.15, -0.1) is 0 Å². The molecule has 5 rings (SSSR count). The first-order valence-corrected chi connectivity index (χ1v) is 13.3. The maximum absolute atomic E-state index is 10.5. The average molecular weight is 623 g/mol. The van der Waals surface area contributed by atoms with Crippen LogP contribution in [0.5, 0.6) is 0 Å². The number of piperidine rings is 1. The summed E-state index contributed by atoms with van der Waals surface area (Å²) in [6.07, 6.45) is -4.54. The molecule has 2 aromatic carbocycles. The zero-order chi connectivity index (χ0) is 32.5. The van der Waals surface area contributed by atoms with E-state index in [1.807, 2.05) is 6.20 Å². The van der Waals surface area contributed by atoms with Gasteiger partial charge in [-0.05, 0) is 30.9 Å². The fourth-order valence-electron chi connectivity index (χ4n) is 4.39. The van der Waals surface area contributed by atoms with Crippen LogP contribution in [0.1, 0.15) is 24.8 Å². The third-order valence-corrected chi connectivity index (χ3v) is 6.50. The van der Waals surface area contributed by atoms with Gasteiger partial charge >= 0.3 is 12.4 Å². The van der Waals surface area contributed by atoms with Gasteiger partial charge in [-0.1, -0.05) is 54.6 Å². The van der Waals surface area contributed by atoms with Gasteiger partial charge in [0.15, 0.2) is 0 Å². The number of pyridine rings is 2. The predicted octanol–water partition coefficient (Wildman–Crippen LogP) is 2.71. The maximum atomic E-state index is 10.5. The van der Waals surface area contributed by atoms with Crippen molar-refractivity contribution in [1.29, 1.82) is 0 Å². The predicted molar refractivity (Wildman–Crippen MR) is 144 cm³/mol. The van der Waals surface area contributed by atoms with Crippen molar-refractivity contribution in [2.75, 3.05) is 18.0 Å². The van der Waals surface area contributed by atoms with E-state index in [4.69, 9.17) is 24.8 Å². The van der Waals surface area contributed by atoms with Crippen LogP contribution < -0.4 is 25.8 Å². The second-order valence-electron chi connectivity index (χ2n) is 9.57. The molecule has 1 saturated heterocycles. The van der Waals surface area contributed by atoms with Crippen LogP contribution in [0.25, 0.3) is 33.3 Å². The summed E-state index contributed by atoms with van der Waals surface area (Å²) in [6.45, 7) is 3.00. The van der Waals surface area contributed by atoms with E-state index >= 15 is 0 Å². The van der Waals surface area contributed by atoms with E-state index in [1.165, 1.54) is 47.2 Å². The number of rotatable bonds is 4. The van der Waals surface area contributed by atoms with E-state index in [0.717, 1.165) is 36.4 Å². The number of carbonyl (C=O) groups excluding carboxylic acids is 2. The first-order valence-electron chi connectivity index (χ1n) is 13.3. The first-order chi connectivity index (χ1) is 20.7. The number of nitrogens with one attached hydrogen (secondary N) is 1. The Bertz CT molecular complexity index is 1530. The molecule has 3 heterocycles. The highest BCUT2D eigenvalue weighted by molar-refractivity contribution is 5.96. The van der Waals surface area contributed by atoms with E-state index in [-0.39, 0.29) is 0 Å². The van der Waals surface area contributed by atoms with E-state index in [1.54, 1.807) is 0 Å². The Morgan fingerprint density at radius 3 is 1.86 bits per heavy atom. The van der Waals surface area contributed by atoms with Crippen LogP contribution in [0.4, 0.5) is 32.2 Å². The number of anilines is 1. The van der Waals surface area contributed by atoms with E-state index in [2.05, 4.69) is 82.3 Å². The third kappa shape index (κ3) is 9.14. The zero-order valence-electron chi connectivity index (χ0n) is 23.2. The number of alkyl halides is 6. The van der Waals surface area contributed by atoms with Crippen LogP contribution in [0.15, 0.2) is 72.9 Å². The van der Waals surface area contributed by atoms with Crippen LogP contribution in [0, 0.1) is 0 Å². The molecule has 0 radical (unpaired) electrons. The zero-order valence-corrected chi connectivity index (χ0v) is 23.2. The van der Waals surface area contributed by atoms with Gasteiger partial charge in [0.25, 0.3) is 5.82 Å². The Morgan fingerprint density at radius 2 is 1.36 bits per heavy atom. The monoisotopic (exact) mass is 622 g/mol. The number of hydrogen-bond donors (Lipinski definition) is 1. The second kappa shape index (κ2) is 14.6. The SMILES string of the molecule is O=C([O-])C(F)(F)F.O=C([O-])C(F)(F)F.[NH3+]Cc1ccc(-c2nc3cc[nH+]c(N4CCCCC4)c3cc2-c2ccccc2)cc1. The van der Waals surface area contributed by atoms with Gasteiger partial charge in [-0.3, -0.25) is 4.90 Å². The molecule has 2 aromatic heterocycles. The standard InChI is InChI=1S/C26H26N4.2C2HF3O2/c27-18-19-9-11-21(12-10-19)25-22(20-7-3-1-4-8-20)17-23-24(29-25)13-14-28-26(23)30-15-5-2-6-16-30;2*3-2(4,5)1(6)7/h1,3-4,7-14,17H,2,5-6,15-16,18,27H2;2*(H,6,7). The molecule has 4 aromatic rings. The smallest absolute Gasteiger partial charge is 0.430 e. The lowest BCUT2D eigenvalue weighted by molar-refractivity contribution is -0.386. The molecule has 0 saturated carbocycles. The van der Waals surface area contributed by atoms with Crippen molar-refractivity contribution in [3.05, 3.63) is 78.5 Å². The minimum atomic E-state index is -5.19. The largest absolute Gasteiger partial charge is 0.542 e. The summed E-state index contributed by atoms with van der Waals surface area (Å²) < 4.78 is 63.1. The summed E-state index contributed by atoms with van der Waals surface area (Å²) in [5.74, 6) is -4.82. The molecule has 0 atom stereocenters. The summed E-state index contributed by atoms with van der Waals surface area (Å²) in [5.41, 5.74) is 10.8. The van der Waals surface area contributed by atoms with E-state index in [9.17, 15) is 26.3 Å². The summed E-state index contributed by atoms with van der Waals surface area (Å²) in [6, 6.07) is 23.6. The number of nitrogens with zero attached hydrogens (tertiary/aromatic N) is 2. The number of quaternary nitrogens is 1. The number of carbonyl (C=O) groups is 2. The molecule has 0 amide bonds. The van der Waals surface area contributed by atoms with Crippen molar-refractivity contribution >= 4 is 28.7 Å². The molecule has 0 bridgehead atoms. The highest BCUT2D eigenvalue weighted by Gasteiger charge is 2.29. The van der Waals surface area contributed by atoms with Gasteiger partial charge in [0, 0.05) is 22.8 Å². The molecule has 0 aliphatic carbocycles. The van der Waals surface area contributed by atoms with Gasteiger partial charge in [0.2, 0.25) is 0 Å². The lowest BCUT2D eigenvalue weighted by Crippen LogP contribution is -2.47. The summed E-state index contributed by atoms with van der Waals surface area (Å²) in [5, 5.41) is 18.8. The number of aromatic nitrogens is 2. The Balaban J connectivity index is 0.000000317. The molecule has 1 fully saturated rings. The van der Waals surface area contributed by atoms with E-state index in [0.29, 0.717) is 0 Å². The molecule has 0 unspecified atom stereocenters. The normalized spacial score (nSPS) is 13.3. The van der Waals surface area contributed by atoms with Gasteiger partial charge in [-0.2, -0.15) is 26.3 Å². The first kappa shape index (κ1) is 33.8. The van der Waals surface area contributed by atoms with Crippen molar-refractivity contribution in [2.24, 2.45) is 0 Å². The number of fused-ring (bicyclic) bond motifs is 1. The van der Waals surface area contributed by atoms with Crippen LogP contribution in [0.3, 0.4) is 0 Å².